The predicted octanol–water partition coefficient (Wildman–Crippen LogP) is 0.840. The van der Waals surface area contributed by atoms with E-state index in [1.54, 1.807) is 11.7 Å². The summed E-state index contributed by atoms with van der Waals surface area (Å²) in [5.41, 5.74) is -0.482. The van der Waals surface area contributed by atoms with Gasteiger partial charge in [-0.3, -0.25) is 4.68 Å². The minimum absolute atomic E-state index is 0.311. The number of alkyl carbamates (subject to hydrolysis) is 1. The van der Waals surface area contributed by atoms with Crippen LogP contribution in [0, 0.1) is 0 Å². The smallest absolute Gasteiger partial charge is 0.408 e. The van der Waals surface area contributed by atoms with Crippen molar-refractivity contribution < 1.29 is 9.53 Å². The third kappa shape index (κ3) is 3.97. The Morgan fingerprint density at radius 1 is 1.60 bits per heavy atom. The summed E-state index contributed by atoms with van der Waals surface area (Å²) in [6.45, 7) is 5.75. The number of nitrogens with zero attached hydrogens (tertiary/aromatic N) is 3. The maximum Gasteiger partial charge on any atom is 0.408 e. The largest absolute Gasteiger partial charge is 0.444 e. The fourth-order valence-electron chi connectivity index (χ4n) is 0.946. The minimum atomic E-state index is -0.482. The maximum absolute atomic E-state index is 11.3. The van der Waals surface area contributed by atoms with Crippen LogP contribution in [0.15, 0.2) is 6.33 Å². The lowest BCUT2D eigenvalue weighted by Gasteiger charge is -2.19. The van der Waals surface area contributed by atoms with Crippen molar-refractivity contribution in [2.45, 2.75) is 32.9 Å². The molecule has 0 spiro atoms. The number of carbonyl (C=O) groups is 1. The first-order valence-corrected chi connectivity index (χ1v) is 4.68. The molecule has 0 aliphatic carbocycles. The lowest BCUT2D eigenvalue weighted by atomic mass is 10.2. The predicted molar refractivity (Wildman–Crippen MR) is 54.1 cm³/mol. The highest BCUT2D eigenvalue weighted by Crippen LogP contribution is 2.06. The molecule has 0 aliphatic heterocycles. The molecule has 1 amide bonds. The summed E-state index contributed by atoms with van der Waals surface area (Å²) in [5.74, 6) is 0.681. The van der Waals surface area contributed by atoms with Crippen molar-refractivity contribution in [3.63, 3.8) is 0 Å². The van der Waals surface area contributed by atoms with Gasteiger partial charge in [0.1, 0.15) is 17.8 Å². The highest BCUT2D eigenvalue weighted by Gasteiger charge is 2.16. The zero-order valence-corrected chi connectivity index (χ0v) is 9.44. The molecule has 1 rings (SSSR count). The fourth-order valence-corrected chi connectivity index (χ4v) is 0.946. The van der Waals surface area contributed by atoms with Gasteiger partial charge in [-0.05, 0) is 20.8 Å². The highest BCUT2D eigenvalue weighted by atomic mass is 16.6. The molecule has 0 radical (unpaired) electrons. The lowest BCUT2D eigenvalue weighted by molar-refractivity contribution is 0.0521. The molecule has 0 aromatic carbocycles. The monoisotopic (exact) mass is 212 g/mol. The van der Waals surface area contributed by atoms with Gasteiger partial charge in [0, 0.05) is 7.05 Å². The highest BCUT2D eigenvalue weighted by molar-refractivity contribution is 5.67. The number of hydrogen-bond donors (Lipinski definition) is 1. The summed E-state index contributed by atoms with van der Waals surface area (Å²) in [4.78, 5) is 15.2. The summed E-state index contributed by atoms with van der Waals surface area (Å²) < 4.78 is 6.66. The number of amides is 1. The van der Waals surface area contributed by atoms with E-state index in [4.69, 9.17) is 4.74 Å². The first-order valence-electron chi connectivity index (χ1n) is 4.68. The van der Waals surface area contributed by atoms with Crippen LogP contribution in [0.5, 0.6) is 0 Å². The van der Waals surface area contributed by atoms with Gasteiger partial charge in [-0.25, -0.2) is 9.78 Å². The van der Waals surface area contributed by atoms with E-state index in [1.807, 2.05) is 20.8 Å². The minimum Gasteiger partial charge on any atom is -0.444 e. The van der Waals surface area contributed by atoms with Crippen LogP contribution >= 0.6 is 0 Å². The number of nitrogens with one attached hydrogen (secondary N) is 1. The van der Waals surface area contributed by atoms with Crippen molar-refractivity contribution in [1.82, 2.24) is 20.1 Å². The Balaban J connectivity index is 2.38. The zero-order valence-electron chi connectivity index (χ0n) is 9.44. The molecule has 0 fully saturated rings. The van der Waals surface area contributed by atoms with E-state index in [2.05, 4.69) is 15.4 Å². The summed E-state index contributed by atoms with van der Waals surface area (Å²) in [6.07, 6.45) is 0.983. The fraction of sp³-hybridized carbons (Fsp3) is 0.667. The first kappa shape index (κ1) is 11.5. The Morgan fingerprint density at radius 2 is 2.27 bits per heavy atom. The van der Waals surface area contributed by atoms with Gasteiger partial charge in [-0.15, -0.1) is 0 Å². The van der Waals surface area contributed by atoms with Gasteiger partial charge in [0.05, 0.1) is 6.54 Å². The third-order valence-corrected chi connectivity index (χ3v) is 1.59. The lowest BCUT2D eigenvalue weighted by Crippen LogP contribution is -2.32. The molecule has 0 bridgehead atoms. The van der Waals surface area contributed by atoms with Crippen molar-refractivity contribution >= 4 is 6.09 Å². The molecule has 0 aliphatic rings. The van der Waals surface area contributed by atoms with Gasteiger partial charge < -0.3 is 10.1 Å². The summed E-state index contributed by atoms with van der Waals surface area (Å²) >= 11 is 0. The van der Waals surface area contributed by atoms with Gasteiger partial charge >= 0.3 is 6.09 Å². The van der Waals surface area contributed by atoms with Gasteiger partial charge in [0.2, 0.25) is 0 Å². The van der Waals surface area contributed by atoms with Crippen LogP contribution in [0.25, 0.3) is 0 Å². The molecule has 0 unspecified atom stereocenters. The second kappa shape index (κ2) is 4.29. The Kier molecular flexibility index (Phi) is 3.28. The number of ether oxygens (including phenoxy) is 1. The van der Waals surface area contributed by atoms with Crippen molar-refractivity contribution in [3.8, 4) is 0 Å². The maximum atomic E-state index is 11.3. The Bertz CT molecular complexity index is 340. The van der Waals surface area contributed by atoms with Gasteiger partial charge in [-0.2, -0.15) is 5.10 Å². The zero-order chi connectivity index (χ0) is 11.5. The van der Waals surface area contributed by atoms with Crippen LogP contribution in [0.2, 0.25) is 0 Å². The second-order valence-electron chi connectivity index (χ2n) is 4.16. The van der Waals surface area contributed by atoms with Crippen LogP contribution in [0.4, 0.5) is 4.79 Å². The molecular weight excluding hydrogens is 196 g/mol. The molecular formula is C9H16N4O2. The number of rotatable bonds is 2. The van der Waals surface area contributed by atoms with Gasteiger partial charge in [-0.1, -0.05) is 0 Å². The van der Waals surface area contributed by atoms with Gasteiger partial charge in [0.15, 0.2) is 0 Å². The molecule has 6 heteroatoms. The molecule has 0 atom stereocenters. The molecule has 1 aromatic rings. The summed E-state index contributed by atoms with van der Waals surface area (Å²) in [5, 5.41) is 6.48. The molecule has 1 aromatic heterocycles. The Labute approximate surface area is 88.6 Å². The molecule has 84 valence electrons. The molecule has 0 saturated carbocycles. The van der Waals surface area contributed by atoms with E-state index in [-0.39, 0.29) is 0 Å². The average molecular weight is 212 g/mol. The Hall–Kier alpha value is -1.59. The van der Waals surface area contributed by atoms with E-state index in [9.17, 15) is 4.79 Å². The molecule has 1 N–H and O–H groups in total. The quantitative estimate of drug-likeness (QED) is 0.788. The molecule has 1 heterocycles. The van der Waals surface area contributed by atoms with Crippen LogP contribution in [-0.4, -0.2) is 26.5 Å². The van der Waals surface area contributed by atoms with E-state index >= 15 is 0 Å². The summed E-state index contributed by atoms with van der Waals surface area (Å²) in [6, 6.07) is 0. The standard InChI is InChI=1S/C9H16N4O2/c1-9(2,3)15-8(14)10-5-7-11-6-12-13(7)4/h6H,5H2,1-4H3,(H,10,14). The number of aryl methyl sites for hydroxylation is 1. The van der Waals surface area contributed by atoms with E-state index in [0.29, 0.717) is 12.4 Å². The van der Waals surface area contributed by atoms with Crippen molar-refractivity contribution in [1.29, 1.82) is 0 Å². The molecule has 0 saturated heterocycles. The Morgan fingerprint density at radius 3 is 2.73 bits per heavy atom. The number of aromatic nitrogens is 3. The molecule has 15 heavy (non-hydrogen) atoms. The van der Waals surface area contributed by atoms with Crippen LogP contribution in [0.1, 0.15) is 26.6 Å². The van der Waals surface area contributed by atoms with Crippen LogP contribution in [-0.2, 0) is 18.3 Å². The van der Waals surface area contributed by atoms with E-state index in [1.165, 1.54) is 6.33 Å². The van der Waals surface area contributed by atoms with Crippen LogP contribution in [0.3, 0.4) is 0 Å². The topological polar surface area (TPSA) is 69.0 Å². The van der Waals surface area contributed by atoms with E-state index in [0.717, 1.165) is 0 Å². The van der Waals surface area contributed by atoms with Gasteiger partial charge in [0.25, 0.3) is 0 Å². The molecule has 6 nitrogen and oxygen atoms in total. The first-order chi connectivity index (χ1) is 6.88. The van der Waals surface area contributed by atoms with Crippen molar-refractivity contribution in [2.24, 2.45) is 7.05 Å². The van der Waals surface area contributed by atoms with Crippen LogP contribution < -0.4 is 5.32 Å². The number of hydrogen-bond acceptors (Lipinski definition) is 4. The third-order valence-electron chi connectivity index (χ3n) is 1.59. The van der Waals surface area contributed by atoms with Crippen molar-refractivity contribution in [2.75, 3.05) is 0 Å². The number of carbonyl (C=O) groups excluding carboxylic acids is 1. The SMILES string of the molecule is Cn1ncnc1CNC(=O)OC(C)(C)C. The summed E-state index contributed by atoms with van der Waals surface area (Å²) in [7, 11) is 1.76. The normalized spacial score (nSPS) is 11.2. The van der Waals surface area contributed by atoms with E-state index < -0.39 is 11.7 Å². The average Bonchev–Trinajstić information content (AvgIpc) is 2.44. The second-order valence-corrected chi connectivity index (χ2v) is 4.16. The van der Waals surface area contributed by atoms with Crippen molar-refractivity contribution in [3.05, 3.63) is 12.2 Å².